The lowest BCUT2D eigenvalue weighted by molar-refractivity contribution is -0.121. The number of hydrogen-bond donors (Lipinski definition) is 1. The van der Waals surface area contributed by atoms with Crippen LogP contribution in [0.2, 0.25) is 0 Å². The normalized spacial score (nSPS) is 20.3. The lowest BCUT2D eigenvalue weighted by Gasteiger charge is -2.29. The Bertz CT molecular complexity index is 1070. The van der Waals surface area contributed by atoms with Gasteiger partial charge in [-0.1, -0.05) is 30.8 Å². The Morgan fingerprint density at radius 2 is 1.87 bits per heavy atom. The lowest BCUT2D eigenvalue weighted by Crippen LogP contribution is -2.39. The van der Waals surface area contributed by atoms with Crippen LogP contribution in [-0.4, -0.2) is 37.1 Å². The number of ether oxygens (including phenoxy) is 1. The molecule has 2 fully saturated rings. The van der Waals surface area contributed by atoms with E-state index in [-0.39, 0.29) is 30.0 Å². The molecule has 3 aliphatic rings. The Morgan fingerprint density at radius 1 is 1.10 bits per heavy atom. The number of rotatable bonds is 6. The van der Waals surface area contributed by atoms with Crippen molar-refractivity contribution < 1.29 is 22.5 Å². The third kappa shape index (κ3) is 4.45. The molecular formula is C21H26N4O5S. The predicted molar refractivity (Wildman–Crippen MR) is 111 cm³/mol. The van der Waals surface area contributed by atoms with Gasteiger partial charge in [0, 0.05) is 12.0 Å². The maximum absolute atomic E-state index is 13.0. The number of benzene rings is 1. The molecule has 0 saturated heterocycles. The van der Waals surface area contributed by atoms with Crippen molar-refractivity contribution in [2.24, 2.45) is 0 Å². The summed E-state index contributed by atoms with van der Waals surface area (Å²) in [7, 11) is -3.72. The van der Waals surface area contributed by atoms with E-state index in [9.17, 15) is 13.2 Å². The second-order valence-electron chi connectivity index (χ2n) is 8.53. The van der Waals surface area contributed by atoms with Gasteiger partial charge in [-0.05, 0) is 43.9 Å². The van der Waals surface area contributed by atoms with Crippen LogP contribution in [0.1, 0.15) is 69.0 Å². The van der Waals surface area contributed by atoms with Crippen molar-refractivity contribution in [1.29, 1.82) is 0 Å². The van der Waals surface area contributed by atoms with Crippen LogP contribution in [0.25, 0.3) is 0 Å². The number of carbonyl (C=O) groups excluding carboxylic acids is 1. The van der Waals surface area contributed by atoms with E-state index in [0.29, 0.717) is 29.1 Å². The number of aromatic nitrogens is 2. The Hall–Kier alpha value is -2.46. The highest BCUT2D eigenvalue weighted by Gasteiger charge is 2.32. The molecule has 0 radical (unpaired) electrons. The van der Waals surface area contributed by atoms with Crippen molar-refractivity contribution in [3.05, 3.63) is 29.9 Å². The molecule has 0 spiro atoms. The SMILES string of the molecule is O=C1COc2ccc(S(=O)(=O)NC3CCCCCC3)cc2N1Cc1noc(C2CC2)n1. The van der Waals surface area contributed by atoms with Crippen LogP contribution in [0.4, 0.5) is 5.69 Å². The molecule has 1 aromatic carbocycles. The Balaban J connectivity index is 1.39. The molecular weight excluding hydrogens is 420 g/mol. The van der Waals surface area contributed by atoms with Gasteiger partial charge in [-0.25, -0.2) is 13.1 Å². The number of carbonyl (C=O) groups is 1. The minimum absolute atomic E-state index is 0.0577. The van der Waals surface area contributed by atoms with E-state index in [1.807, 2.05) is 0 Å². The fourth-order valence-corrected chi connectivity index (χ4v) is 5.50. The lowest BCUT2D eigenvalue weighted by atomic mass is 10.1. The summed E-state index contributed by atoms with van der Waals surface area (Å²) in [6.07, 6.45) is 8.11. The van der Waals surface area contributed by atoms with Gasteiger partial charge in [0.25, 0.3) is 5.91 Å². The molecule has 1 N–H and O–H groups in total. The molecule has 9 nitrogen and oxygen atoms in total. The van der Waals surface area contributed by atoms with E-state index in [2.05, 4.69) is 14.9 Å². The first-order valence-electron chi connectivity index (χ1n) is 10.9. The molecule has 0 unspecified atom stereocenters. The number of nitrogens with one attached hydrogen (secondary N) is 1. The molecule has 10 heteroatoms. The maximum atomic E-state index is 13.0. The van der Waals surface area contributed by atoms with Crippen LogP contribution in [0.15, 0.2) is 27.6 Å². The van der Waals surface area contributed by atoms with Gasteiger partial charge in [0.15, 0.2) is 12.4 Å². The van der Waals surface area contributed by atoms with Gasteiger partial charge in [-0.2, -0.15) is 4.98 Å². The summed E-state index contributed by atoms with van der Waals surface area (Å²) in [5, 5.41) is 3.98. The van der Waals surface area contributed by atoms with Gasteiger partial charge >= 0.3 is 0 Å². The van der Waals surface area contributed by atoms with E-state index < -0.39 is 10.0 Å². The molecule has 0 atom stereocenters. The number of fused-ring (bicyclic) bond motifs is 1. The van der Waals surface area contributed by atoms with Gasteiger partial charge in [0.2, 0.25) is 15.9 Å². The fraction of sp³-hybridized carbons (Fsp3) is 0.571. The Morgan fingerprint density at radius 3 is 2.61 bits per heavy atom. The second kappa shape index (κ2) is 8.23. The smallest absolute Gasteiger partial charge is 0.265 e. The molecule has 166 valence electrons. The zero-order chi connectivity index (χ0) is 21.4. The fourth-order valence-electron chi connectivity index (χ4n) is 4.18. The van der Waals surface area contributed by atoms with E-state index in [1.54, 1.807) is 6.07 Å². The number of anilines is 1. The maximum Gasteiger partial charge on any atom is 0.265 e. The molecule has 31 heavy (non-hydrogen) atoms. The van der Waals surface area contributed by atoms with Crippen molar-refractivity contribution in [2.75, 3.05) is 11.5 Å². The predicted octanol–water partition coefficient (Wildman–Crippen LogP) is 2.87. The largest absolute Gasteiger partial charge is 0.482 e. The molecule has 2 heterocycles. The van der Waals surface area contributed by atoms with Crippen LogP contribution in [-0.2, 0) is 21.4 Å². The summed E-state index contributed by atoms with van der Waals surface area (Å²) in [6, 6.07) is 4.55. The van der Waals surface area contributed by atoms with E-state index in [4.69, 9.17) is 9.26 Å². The van der Waals surface area contributed by atoms with Crippen LogP contribution in [0, 0.1) is 0 Å². The first-order valence-corrected chi connectivity index (χ1v) is 12.4. The zero-order valence-corrected chi connectivity index (χ0v) is 18.1. The zero-order valence-electron chi connectivity index (χ0n) is 17.2. The summed E-state index contributed by atoms with van der Waals surface area (Å²) in [5.41, 5.74) is 0.401. The Labute approximate surface area is 181 Å². The van der Waals surface area contributed by atoms with Crippen molar-refractivity contribution >= 4 is 21.6 Å². The molecule has 0 bridgehead atoms. The minimum Gasteiger partial charge on any atom is -0.482 e. The summed E-state index contributed by atoms with van der Waals surface area (Å²) in [6.45, 7) is -0.0161. The van der Waals surface area contributed by atoms with Gasteiger partial charge in [-0.15, -0.1) is 0 Å². The van der Waals surface area contributed by atoms with Gasteiger partial charge in [0.1, 0.15) is 5.75 Å². The monoisotopic (exact) mass is 446 g/mol. The Kier molecular flexibility index (Phi) is 5.43. The van der Waals surface area contributed by atoms with E-state index >= 15 is 0 Å². The van der Waals surface area contributed by atoms with Crippen molar-refractivity contribution in [3.63, 3.8) is 0 Å². The van der Waals surface area contributed by atoms with Crippen LogP contribution in [0.5, 0.6) is 5.75 Å². The molecule has 1 aliphatic heterocycles. The molecule has 2 aliphatic carbocycles. The van der Waals surface area contributed by atoms with E-state index in [0.717, 1.165) is 51.4 Å². The van der Waals surface area contributed by atoms with Crippen LogP contribution < -0.4 is 14.4 Å². The van der Waals surface area contributed by atoms with Crippen LogP contribution >= 0.6 is 0 Å². The summed E-state index contributed by atoms with van der Waals surface area (Å²) < 4.78 is 39.7. The summed E-state index contributed by atoms with van der Waals surface area (Å²) in [5.74, 6) is 1.49. The number of nitrogens with zero attached hydrogens (tertiary/aromatic N) is 3. The number of sulfonamides is 1. The average Bonchev–Trinajstić information content (AvgIpc) is 3.54. The third-order valence-corrected chi connectivity index (χ3v) is 7.59. The average molecular weight is 447 g/mol. The molecule has 1 aromatic heterocycles. The summed E-state index contributed by atoms with van der Waals surface area (Å²) >= 11 is 0. The first-order chi connectivity index (χ1) is 15.0. The second-order valence-corrected chi connectivity index (χ2v) is 10.2. The standard InChI is InChI=1S/C21H26N4O5S/c26-20-13-29-18-10-9-16(31(27,28)24-15-5-3-1-2-4-6-15)11-17(18)25(20)12-19-22-21(30-23-19)14-7-8-14/h9-11,14-15,24H,1-8,12-13H2. The van der Waals surface area contributed by atoms with Crippen molar-refractivity contribution in [1.82, 2.24) is 14.9 Å². The van der Waals surface area contributed by atoms with Gasteiger partial charge < -0.3 is 9.26 Å². The molecule has 2 aromatic rings. The summed E-state index contributed by atoms with van der Waals surface area (Å²) in [4.78, 5) is 18.5. The highest BCUT2D eigenvalue weighted by atomic mass is 32.2. The highest BCUT2D eigenvalue weighted by molar-refractivity contribution is 7.89. The number of amides is 1. The van der Waals surface area contributed by atoms with Crippen LogP contribution in [0.3, 0.4) is 0 Å². The van der Waals surface area contributed by atoms with Crippen molar-refractivity contribution in [3.8, 4) is 5.75 Å². The third-order valence-electron chi connectivity index (χ3n) is 6.07. The topological polar surface area (TPSA) is 115 Å². The molecule has 1 amide bonds. The minimum atomic E-state index is -3.72. The number of hydrogen-bond acceptors (Lipinski definition) is 7. The van der Waals surface area contributed by atoms with Gasteiger partial charge in [0.05, 0.1) is 17.1 Å². The quantitative estimate of drug-likeness (QED) is 0.679. The molecule has 5 rings (SSSR count). The van der Waals surface area contributed by atoms with Crippen molar-refractivity contribution in [2.45, 2.75) is 74.8 Å². The molecule has 2 saturated carbocycles. The first kappa shape index (κ1) is 20.4. The van der Waals surface area contributed by atoms with E-state index in [1.165, 1.54) is 17.0 Å². The highest BCUT2D eigenvalue weighted by Crippen LogP contribution is 2.39. The van der Waals surface area contributed by atoms with Gasteiger partial charge in [-0.3, -0.25) is 9.69 Å².